The molecule has 1 fully saturated rings. The predicted molar refractivity (Wildman–Crippen MR) is 141 cm³/mol. The Kier molecular flexibility index (Phi) is 6.38. The van der Waals surface area contributed by atoms with Crippen molar-refractivity contribution in [3.8, 4) is 11.1 Å². The monoisotopic (exact) mass is 523 g/mol. The third kappa shape index (κ3) is 4.90. The van der Waals surface area contributed by atoms with E-state index < -0.39 is 17.3 Å². The van der Waals surface area contributed by atoms with Crippen molar-refractivity contribution in [2.75, 3.05) is 31.6 Å². The molecule has 1 aliphatic rings. The largest absolute Gasteiger partial charge is 0.444 e. The summed E-state index contributed by atoms with van der Waals surface area (Å²) < 4.78 is 10.8. The Labute approximate surface area is 216 Å². The molecule has 4 aromatic rings. The number of morpholine rings is 1. The van der Waals surface area contributed by atoms with Gasteiger partial charge in [0.25, 0.3) is 11.5 Å². The fraction of sp³-hybridized carbons (Fsp3) is 0.308. The summed E-state index contributed by atoms with van der Waals surface area (Å²) in [6.07, 6.45) is 0.820. The molecule has 2 amide bonds. The van der Waals surface area contributed by atoms with E-state index in [0.29, 0.717) is 69.8 Å². The Morgan fingerprint density at radius 2 is 1.89 bits per heavy atom. The molecule has 1 saturated heterocycles. The van der Waals surface area contributed by atoms with Crippen LogP contribution >= 0.6 is 11.6 Å². The van der Waals surface area contributed by atoms with Gasteiger partial charge in [0.05, 0.1) is 29.9 Å². The number of hydrogen-bond donors (Lipinski definition) is 3. The van der Waals surface area contributed by atoms with Crippen molar-refractivity contribution in [2.45, 2.75) is 26.4 Å². The number of halogens is 1. The van der Waals surface area contributed by atoms with E-state index in [1.807, 2.05) is 0 Å². The molecule has 2 aromatic carbocycles. The van der Waals surface area contributed by atoms with Crippen LogP contribution in [-0.4, -0.2) is 64.0 Å². The van der Waals surface area contributed by atoms with Gasteiger partial charge in [-0.05, 0) is 50.6 Å². The van der Waals surface area contributed by atoms with Gasteiger partial charge in [-0.15, -0.1) is 0 Å². The smallest absolute Gasteiger partial charge is 0.412 e. The lowest BCUT2D eigenvalue weighted by Crippen LogP contribution is -2.40. The van der Waals surface area contributed by atoms with Gasteiger partial charge in [-0.1, -0.05) is 17.7 Å². The lowest BCUT2D eigenvalue weighted by Gasteiger charge is -2.27. The van der Waals surface area contributed by atoms with Gasteiger partial charge in [0.2, 0.25) is 0 Å². The minimum Gasteiger partial charge on any atom is -0.444 e. The minimum absolute atomic E-state index is 0.0115. The number of aromatic amines is 2. The molecule has 0 bridgehead atoms. The van der Waals surface area contributed by atoms with E-state index in [1.165, 1.54) is 0 Å². The van der Waals surface area contributed by atoms with Crippen LogP contribution in [0, 0.1) is 0 Å². The maximum Gasteiger partial charge on any atom is 0.412 e. The van der Waals surface area contributed by atoms with Crippen molar-refractivity contribution < 1.29 is 19.1 Å². The summed E-state index contributed by atoms with van der Waals surface area (Å²) in [5.74, 6) is -0.145. The molecule has 0 aliphatic carbocycles. The van der Waals surface area contributed by atoms with Gasteiger partial charge >= 0.3 is 6.09 Å². The highest BCUT2D eigenvalue weighted by molar-refractivity contribution is 6.35. The highest BCUT2D eigenvalue weighted by Crippen LogP contribution is 2.39. The Hall–Kier alpha value is -3.89. The SMILES string of the molecule is CC(C)(C)OC(=O)Nc1c(-c2ccc(Cl)c3[nH]ncc23)c2cc(C(=O)N3CCOCC3)ccc2[nH]c1=O. The van der Waals surface area contributed by atoms with Crippen LogP contribution in [0.15, 0.2) is 41.3 Å². The fourth-order valence-electron chi connectivity index (χ4n) is 4.40. The minimum atomic E-state index is -0.781. The maximum atomic E-state index is 13.3. The Balaban J connectivity index is 1.74. The van der Waals surface area contributed by atoms with Crippen molar-refractivity contribution in [1.82, 2.24) is 20.1 Å². The van der Waals surface area contributed by atoms with Crippen LogP contribution in [0.3, 0.4) is 0 Å². The van der Waals surface area contributed by atoms with Gasteiger partial charge in [-0.2, -0.15) is 5.10 Å². The molecule has 0 spiro atoms. The van der Waals surface area contributed by atoms with E-state index in [9.17, 15) is 14.4 Å². The number of nitrogens with one attached hydrogen (secondary N) is 3. The number of carbonyl (C=O) groups excluding carboxylic acids is 2. The van der Waals surface area contributed by atoms with Crippen LogP contribution < -0.4 is 10.9 Å². The molecule has 11 heteroatoms. The normalized spacial score (nSPS) is 14.2. The number of amides is 2. The summed E-state index contributed by atoms with van der Waals surface area (Å²) in [7, 11) is 0. The summed E-state index contributed by atoms with van der Waals surface area (Å²) in [4.78, 5) is 43.8. The average Bonchev–Trinajstić information content (AvgIpc) is 3.35. The third-order valence-corrected chi connectivity index (χ3v) is 6.33. The van der Waals surface area contributed by atoms with Gasteiger partial charge in [0, 0.05) is 40.5 Å². The first kappa shape index (κ1) is 24.8. The molecule has 0 saturated carbocycles. The second kappa shape index (κ2) is 9.53. The van der Waals surface area contributed by atoms with Gasteiger partial charge in [-0.3, -0.25) is 20.0 Å². The van der Waals surface area contributed by atoms with Gasteiger partial charge in [0.1, 0.15) is 11.3 Å². The highest BCUT2D eigenvalue weighted by atomic mass is 35.5. The van der Waals surface area contributed by atoms with Gasteiger partial charge in [0.15, 0.2) is 0 Å². The molecule has 3 N–H and O–H groups in total. The molecule has 0 unspecified atom stereocenters. The number of pyridine rings is 1. The molecule has 37 heavy (non-hydrogen) atoms. The van der Waals surface area contributed by atoms with Crippen LogP contribution in [0.2, 0.25) is 5.02 Å². The highest BCUT2D eigenvalue weighted by Gasteiger charge is 2.25. The van der Waals surface area contributed by atoms with Crippen LogP contribution in [0.4, 0.5) is 10.5 Å². The summed E-state index contributed by atoms with van der Waals surface area (Å²) in [6.45, 7) is 7.14. The van der Waals surface area contributed by atoms with E-state index in [1.54, 1.807) is 62.2 Å². The van der Waals surface area contributed by atoms with Gasteiger partial charge in [-0.25, -0.2) is 4.79 Å². The third-order valence-electron chi connectivity index (χ3n) is 6.02. The van der Waals surface area contributed by atoms with E-state index in [0.717, 1.165) is 0 Å². The zero-order valence-electron chi connectivity index (χ0n) is 20.6. The van der Waals surface area contributed by atoms with E-state index >= 15 is 0 Å². The number of anilines is 1. The Morgan fingerprint density at radius 1 is 1.14 bits per heavy atom. The number of benzene rings is 2. The van der Waals surface area contributed by atoms with Crippen LogP contribution in [-0.2, 0) is 9.47 Å². The van der Waals surface area contributed by atoms with Crippen LogP contribution in [0.25, 0.3) is 32.9 Å². The summed E-state index contributed by atoms with van der Waals surface area (Å²) in [5.41, 5.74) is 1.24. The number of fused-ring (bicyclic) bond motifs is 2. The number of carbonyl (C=O) groups is 2. The van der Waals surface area contributed by atoms with Gasteiger partial charge < -0.3 is 19.4 Å². The second-order valence-corrected chi connectivity index (χ2v) is 10.2. The molecule has 5 rings (SSSR count). The molecule has 1 aliphatic heterocycles. The number of aromatic nitrogens is 3. The maximum absolute atomic E-state index is 13.3. The molecule has 0 radical (unpaired) electrons. The standard InChI is InChI=1S/C26H26ClN5O5/c1-26(2,3)37-25(35)30-22-20(15-5-6-18(27)21-17(15)13-28-31-21)16-12-14(4-7-19(16)29-23(22)33)24(34)32-8-10-36-11-9-32/h4-7,12-13H,8-11H2,1-3H3,(H,28,31)(H,29,33)(H,30,35). The van der Waals surface area contributed by atoms with E-state index in [4.69, 9.17) is 21.1 Å². The molecular weight excluding hydrogens is 498 g/mol. The first-order valence-electron chi connectivity index (χ1n) is 11.8. The van der Waals surface area contributed by atoms with Crippen molar-refractivity contribution in [3.05, 3.63) is 57.5 Å². The quantitative estimate of drug-likeness (QED) is 0.361. The number of rotatable bonds is 3. The second-order valence-electron chi connectivity index (χ2n) is 9.75. The first-order valence-corrected chi connectivity index (χ1v) is 12.2. The van der Waals surface area contributed by atoms with Crippen molar-refractivity contribution in [3.63, 3.8) is 0 Å². The molecule has 192 valence electrons. The molecular formula is C26H26ClN5O5. The fourth-order valence-corrected chi connectivity index (χ4v) is 4.61. The molecule has 3 heterocycles. The number of ether oxygens (including phenoxy) is 2. The Bertz CT molecular complexity index is 1580. The lowest BCUT2D eigenvalue weighted by atomic mass is 9.95. The van der Waals surface area contributed by atoms with Crippen molar-refractivity contribution in [2.24, 2.45) is 0 Å². The van der Waals surface area contributed by atoms with E-state index in [2.05, 4.69) is 20.5 Å². The van der Waals surface area contributed by atoms with Crippen LogP contribution in [0.1, 0.15) is 31.1 Å². The predicted octanol–water partition coefficient (Wildman–Crippen LogP) is 4.54. The van der Waals surface area contributed by atoms with Crippen LogP contribution in [0.5, 0.6) is 0 Å². The first-order chi connectivity index (χ1) is 17.6. The van der Waals surface area contributed by atoms with E-state index in [-0.39, 0.29) is 11.6 Å². The summed E-state index contributed by atoms with van der Waals surface area (Å²) >= 11 is 6.37. The number of H-pyrrole nitrogens is 2. The topological polar surface area (TPSA) is 129 Å². The molecule has 10 nitrogen and oxygen atoms in total. The summed E-state index contributed by atoms with van der Waals surface area (Å²) in [6, 6.07) is 8.53. The molecule has 0 atom stereocenters. The van der Waals surface area contributed by atoms with Crippen molar-refractivity contribution in [1.29, 1.82) is 0 Å². The average molecular weight is 524 g/mol. The zero-order chi connectivity index (χ0) is 26.3. The Morgan fingerprint density at radius 3 is 2.62 bits per heavy atom. The molecule has 2 aromatic heterocycles. The zero-order valence-corrected chi connectivity index (χ0v) is 21.4. The number of hydrogen-bond acceptors (Lipinski definition) is 6. The van der Waals surface area contributed by atoms with Crippen molar-refractivity contribution >= 4 is 51.1 Å². The number of nitrogens with zero attached hydrogens (tertiary/aromatic N) is 2. The lowest BCUT2D eigenvalue weighted by molar-refractivity contribution is 0.0303. The summed E-state index contributed by atoms with van der Waals surface area (Å²) in [5, 5.41) is 11.3.